The van der Waals surface area contributed by atoms with Gasteiger partial charge in [0.05, 0.1) is 5.56 Å². The molecule has 0 aromatic heterocycles. The van der Waals surface area contributed by atoms with Crippen molar-refractivity contribution in [3.63, 3.8) is 0 Å². The molecule has 1 aromatic carbocycles. The second-order valence-electron chi connectivity index (χ2n) is 2.11. The van der Waals surface area contributed by atoms with Gasteiger partial charge in [-0.15, -0.1) is 0 Å². The van der Waals surface area contributed by atoms with Gasteiger partial charge in [0.25, 0.3) is 0 Å². The largest absolute Gasteiger partial charge is 0.206 e. The number of hydrogen-bond acceptors (Lipinski definition) is 1. The smallest absolute Gasteiger partial charge is 0.141 e. The first kappa shape index (κ1) is 8.95. The summed E-state index contributed by atoms with van der Waals surface area (Å²) in [6.07, 6.45) is 1.63. The normalized spacial score (nSPS) is 10.1. The van der Waals surface area contributed by atoms with Crippen LogP contribution in [-0.2, 0) is 0 Å². The van der Waals surface area contributed by atoms with Crippen LogP contribution in [0, 0.1) is 17.1 Å². The van der Waals surface area contributed by atoms with Gasteiger partial charge in [-0.2, -0.15) is 5.26 Å². The minimum Gasteiger partial charge on any atom is -0.206 e. The van der Waals surface area contributed by atoms with Crippen molar-refractivity contribution in [2.75, 3.05) is 0 Å². The molecule has 0 aliphatic heterocycles. The zero-order valence-corrected chi connectivity index (χ0v) is 7.68. The van der Waals surface area contributed by atoms with Crippen molar-refractivity contribution < 1.29 is 4.39 Å². The average molecular weight is 226 g/mol. The van der Waals surface area contributed by atoms with E-state index in [-0.39, 0.29) is 5.56 Å². The molecule has 1 rings (SSSR count). The van der Waals surface area contributed by atoms with Gasteiger partial charge in [0, 0.05) is 0 Å². The molecule has 0 unspecified atom stereocenters. The average Bonchev–Trinajstić information content (AvgIpc) is 2.05. The van der Waals surface area contributed by atoms with Crippen molar-refractivity contribution in [3.05, 3.63) is 40.1 Å². The van der Waals surface area contributed by atoms with Crippen LogP contribution in [0.3, 0.4) is 0 Å². The molecule has 0 aliphatic rings. The van der Waals surface area contributed by atoms with Crippen LogP contribution in [0.4, 0.5) is 4.39 Å². The quantitative estimate of drug-likeness (QED) is 0.721. The number of benzene rings is 1. The third-order valence-corrected chi connectivity index (χ3v) is 1.66. The first-order valence-electron chi connectivity index (χ1n) is 3.25. The third kappa shape index (κ3) is 1.72. The summed E-state index contributed by atoms with van der Waals surface area (Å²) in [5.41, 5.74) is 0.655. The third-order valence-electron chi connectivity index (χ3n) is 1.40. The predicted octanol–water partition coefficient (Wildman–Crippen LogP) is 3.06. The summed E-state index contributed by atoms with van der Waals surface area (Å²) in [4.78, 5) is 1.59. The van der Waals surface area contributed by atoms with Crippen LogP contribution < -0.4 is 0 Å². The number of halogens is 2. The lowest BCUT2D eigenvalue weighted by molar-refractivity contribution is 0.623. The molecule has 0 atom stereocenters. The molecular formula is C9H5BrFN. The van der Waals surface area contributed by atoms with Crippen molar-refractivity contribution in [1.29, 1.82) is 5.26 Å². The fourth-order valence-electron chi connectivity index (χ4n) is 0.866. The second-order valence-corrected chi connectivity index (χ2v) is 2.64. The van der Waals surface area contributed by atoms with Crippen LogP contribution in [0.2, 0.25) is 0 Å². The van der Waals surface area contributed by atoms with Crippen molar-refractivity contribution in [2.45, 2.75) is 0 Å². The van der Waals surface area contributed by atoms with Crippen LogP contribution in [0.15, 0.2) is 23.2 Å². The molecule has 0 saturated carbocycles. The summed E-state index contributed by atoms with van der Waals surface area (Å²) in [5, 5.41) is 8.59. The summed E-state index contributed by atoms with van der Waals surface area (Å²) in [6.45, 7) is 0. The molecule has 1 aromatic rings. The van der Waals surface area contributed by atoms with Crippen LogP contribution in [0.1, 0.15) is 11.1 Å². The molecule has 60 valence electrons. The minimum absolute atomic E-state index is 0.0770. The number of rotatable bonds is 1. The van der Waals surface area contributed by atoms with Crippen molar-refractivity contribution >= 4 is 22.0 Å². The second kappa shape index (κ2) is 4.03. The van der Waals surface area contributed by atoms with Gasteiger partial charge in [0.15, 0.2) is 0 Å². The maximum atomic E-state index is 12.9. The molecular weight excluding hydrogens is 221 g/mol. The van der Waals surface area contributed by atoms with Crippen LogP contribution in [0.25, 0.3) is 6.08 Å². The van der Waals surface area contributed by atoms with E-state index < -0.39 is 5.82 Å². The van der Waals surface area contributed by atoms with E-state index >= 15 is 0 Å². The molecule has 0 bridgehead atoms. The van der Waals surface area contributed by atoms with Crippen molar-refractivity contribution in [3.8, 4) is 6.07 Å². The molecule has 0 fully saturated rings. The molecule has 0 saturated heterocycles. The lowest BCUT2D eigenvalue weighted by Crippen LogP contribution is -1.86. The highest BCUT2D eigenvalue weighted by molar-refractivity contribution is 9.11. The zero-order chi connectivity index (χ0) is 8.97. The summed E-state index contributed by atoms with van der Waals surface area (Å²) in [7, 11) is 0. The maximum absolute atomic E-state index is 12.9. The first-order chi connectivity index (χ1) is 5.79. The van der Waals surface area contributed by atoms with Crippen molar-refractivity contribution in [2.24, 2.45) is 0 Å². The minimum atomic E-state index is -0.486. The van der Waals surface area contributed by atoms with E-state index in [4.69, 9.17) is 5.26 Å². The summed E-state index contributed by atoms with van der Waals surface area (Å²) in [6, 6.07) is 6.32. The Labute approximate surface area is 78.3 Å². The van der Waals surface area contributed by atoms with Gasteiger partial charge in [0.1, 0.15) is 11.9 Å². The van der Waals surface area contributed by atoms with Gasteiger partial charge in [0.2, 0.25) is 0 Å². The van der Waals surface area contributed by atoms with E-state index in [1.165, 1.54) is 6.07 Å². The Morgan fingerprint density at radius 2 is 2.25 bits per heavy atom. The molecule has 0 amide bonds. The molecule has 0 N–H and O–H groups in total. The van der Waals surface area contributed by atoms with Gasteiger partial charge >= 0.3 is 0 Å². The van der Waals surface area contributed by atoms with E-state index in [2.05, 4.69) is 15.9 Å². The Bertz CT molecular complexity index is 352. The molecule has 12 heavy (non-hydrogen) atoms. The molecule has 0 heterocycles. The van der Waals surface area contributed by atoms with Gasteiger partial charge in [-0.05, 0) is 22.7 Å². The lowest BCUT2D eigenvalue weighted by Gasteiger charge is -1.96. The molecule has 0 radical (unpaired) electrons. The highest BCUT2D eigenvalue weighted by Gasteiger charge is 2.03. The highest BCUT2D eigenvalue weighted by Crippen LogP contribution is 2.14. The Morgan fingerprint density at radius 1 is 1.50 bits per heavy atom. The lowest BCUT2D eigenvalue weighted by atomic mass is 10.1. The van der Waals surface area contributed by atoms with Gasteiger partial charge < -0.3 is 0 Å². The Kier molecular flexibility index (Phi) is 3.01. The standard InChI is InChI=1S/C9H5BrFN/c10-5-4-7-2-1-3-9(11)8(7)6-12/h1-5H/b5-4+. The van der Waals surface area contributed by atoms with Crippen LogP contribution >= 0.6 is 15.9 Å². The first-order valence-corrected chi connectivity index (χ1v) is 4.16. The van der Waals surface area contributed by atoms with E-state index in [1.54, 1.807) is 29.3 Å². The van der Waals surface area contributed by atoms with Crippen LogP contribution in [-0.4, -0.2) is 0 Å². The van der Waals surface area contributed by atoms with E-state index in [0.717, 1.165) is 0 Å². The number of nitrogens with zero attached hydrogens (tertiary/aromatic N) is 1. The highest BCUT2D eigenvalue weighted by atomic mass is 79.9. The molecule has 0 spiro atoms. The van der Waals surface area contributed by atoms with E-state index in [1.807, 2.05) is 0 Å². The SMILES string of the molecule is N#Cc1c(F)cccc1/C=C/Br. The fourth-order valence-corrected chi connectivity index (χ4v) is 1.15. The Hall–Kier alpha value is -1.14. The van der Waals surface area contributed by atoms with Gasteiger partial charge in [-0.1, -0.05) is 28.1 Å². The number of nitriles is 1. The van der Waals surface area contributed by atoms with E-state index in [9.17, 15) is 4.39 Å². The van der Waals surface area contributed by atoms with Gasteiger partial charge in [-0.3, -0.25) is 0 Å². The predicted molar refractivity (Wildman–Crippen MR) is 49.1 cm³/mol. The van der Waals surface area contributed by atoms with Gasteiger partial charge in [-0.25, -0.2) is 4.39 Å². The monoisotopic (exact) mass is 225 g/mol. The fraction of sp³-hybridized carbons (Fsp3) is 0. The van der Waals surface area contributed by atoms with Crippen molar-refractivity contribution in [1.82, 2.24) is 0 Å². The summed E-state index contributed by atoms with van der Waals surface area (Å²) < 4.78 is 12.9. The maximum Gasteiger partial charge on any atom is 0.141 e. The molecule has 0 aliphatic carbocycles. The molecule has 1 nitrogen and oxygen atoms in total. The summed E-state index contributed by atoms with van der Waals surface area (Å²) in [5.74, 6) is -0.486. The summed E-state index contributed by atoms with van der Waals surface area (Å²) >= 11 is 3.06. The van der Waals surface area contributed by atoms with Crippen LogP contribution in [0.5, 0.6) is 0 Å². The topological polar surface area (TPSA) is 23.8 Å². The van der Waals surface area contributed by atoms with E-state index in [0.29, 0.717) is 5.56 Å². The number of hydrogen-bond donors (Lipinski definition) is 0. The Balaban J connectivity index is 3.30. The molecule has 3 heteroatoms. The zero-order valence-electron chi connectivity index (χ0n) is 6.09. The Morgan fingerprint density at radius 3 is 2.83 bits per heavy atom.